The summed E-state index contributed by atoms with van der Waals surface area (Å²) >= 11 is 0. The number of likely N-dealkylation sites (N-methyl/N-ethyl adjacent to an activating group) is 1. The van der Waals surface area contributed by atoms with Crippen LogP contribution in [0, 0.1) is 11.8 Å². The van der Waals surface area contributed by atoms with Crippen molar-refractivity contribution in [3.05, 3.63) is 60.2 Å². The lowest BCUT2D eigenvalue weighted by molar-refractivity contribution is -0.168. The summed E-state index contributed by atoms with van der Waals surface area (Å²) in [7, 11) is 0. The van der Waals surface area contributed by atoms with Crippen LogP contribution in [0.25, 0.3) is 0 Å². The number of Topliss-reactive ketones (excluding diaryl/α,β-unsaturated/α-hetero) is 1. The van der Waals surface area contributed by atoms with Gasteiger partial charge in [0, 0.05) is 12.2 Å². The van der Waals surface area contributed by atoms with E-state index in [0.717, 1.165) is 24.1 Å². The normalized spacial score (nSPS) is 24.2. The first-order valence-corrected chi connectivity index (χ1v) is 10.4. The molecule has 0 spiro atoms. The van der Waals surface area contributed by atoms with Crippen molar-refractivity contribution in [3.8, 4) is 5.75 Å². The van der Waals surface area contributed by atoms with Crippen molar-refractivity contribution in [2.24, 2.45) is 11.8 Å². The molecule has 2 aromatic carbocycles. The first kappa shape index (κ1) is 19.5. The highest BCUT2D eigenvalue weighted by atomic mass is 16.5. The van der Waals surface area contributed by atoms with E-state index in [9.17, 15) is 14.7 Å². The van der Waals surface area contributed by atoms with Gasteiger partial charge in [-0.3, -0.25) is 9.59 Å². The maximum Gasteiger partial charge on any atom is 0.316 e. The summed E-state index contributed by atoms with van der Waals surface area (Å²) in [4.78, 5) is 28.3. The molecule has 0 radical (unpaired) electrons. The lowest BCUT2D eigenvalue weighted by Crippen LogP contribution is -2.59. The molecule has 5 nitrogen and oxygen atoms in total. The van der Waals surface area contributed by atoms with Gasteiger partial charge in [-0.2, -0.15) is 0 Å². The Bertz CT molecular complexity index is 860. The molecule has 0 bridgehead atoms. The minimum absolute atomic E-state index is 0.0253. The van der Waals surface area contributed by atoms with E-state index in [1.807, 2.05) is 49.4 Å². The van der Waals surface area contributed by atoms with Crippen molar-refractivity contribution in [1.29, 1.82) is 0 Å². The number of hydrogen-bond donors (Lipinski definition) is 1. The van der Waals surface area contributed by atoms with Crippen molar-refractivity contribution < 1.29 is 19.4 Å². The molecule has 1 saturated heterocycles. The fourth-order valence-electron chi connectivity index (χ4n) is 4.27. The fourth-order valence-corrected chi connectivity index (χ4v) is 4.27. The van der Waals surface area contributed by atoms with Crippen LogP contribution in [0.3, 0.4) is 0 Å². The number of ether oxygens (including phenoxy) is 1. The molecule has 1 saturated carbocycles. The van der Waals surface area contributed by atoms with Gasteiger partial charge in [0.1, 0.15) is 23.8 Å². The zero-order chi connectivity index (χ0) is 20.4. The molecule has 1 N–H and O–H groups in total. The average Bonchev–Trinajstić information content (AvgIpc) is 3.57. The van der Waals surface area contributed by atoms with Gasteiger partial charge in [0.2, 0.25) is 0 Å². The monoisotopic (exact) mass is 393 g/mol. The van der Waals surface area contributed by atoms with Crippen LogP contribution < -0.4 is 4.90 Å². The van der Waals surface area contributed by atoms with E-state index in [1.165, 1.54) is 0 Å². The van der Waals surface area contributed by atoms with Gasteiger partial charge in [-0.25, -0.2) is 0 Å². The van der Waals surface area contributed by atoms with Crippen LogP contribution in [0.15, 0.2) is 54.6 Å². The van der Waals surface area contributed by atoms with Gasteiger partial charge in [-0.15, -0.1) is 0 Å². The lowest BCUT2D eigenvalue weighted by Gasteiger charge is -2.41. The van der Waals surface area contributed by atoms with Crippen LogP contribution in [-0.2, 0) is 20.7 Å². The molecule has 4 rings (SSSR count). The van der Waals surface area contributed by atoms with E-state index in [0.29, 0.717) is 19.4 Å². The quantitative estimate of drug-likeness (QED) is 0.573. The molecule has 0 amide bonds. The highest BCUT2D eigenvalue weighted by Crippen LogP contribution is 2.41. The largest absolute Gasteiger partial charge is 0.508 e. The second kappa shape index (κ2) is 8.27. The van der Waals surface area contributed by atoms with E-state index in [2.05, 4.69) is 4.90 Å². The summed E-state index contributed by atoms with van der Waals surface area (Å²) in [6, 6.07) is 16.3. The molecule has 3 unspecified atom stereocenters. The molecule has 2 fully saturated rings. The van der Waals surface area contributed by atoms with Crippen LogP contribution >= 0.6 is 0 Å². The number of nitrogens with zero attached hydrogens (tertiary/aromatic N) is 1. The molecule has 1 heterocycles. The van der Waals surface area contributed by atoms with Crippen LogP contribution in [0.4, 0.5) is 5.69 Å². The third-order valence-electron chi connectivity index (χ3n) is 5.99. The number of ketones is 1. The van der Waals surface area contributed by atoms with E-state index in [-0.39, 0.29) is 29.5 Å². The zero-order valence-electron chi connectivity index (χ0n) is 16.7. The Morgan fingerprint density at radius 3 is 2.34 bits per heavy atom. The van der Waals surface area contributed by atoms with Gasteiger partial charge >= 0.3 is 5.97 Å². The van der Waals surface area contributed by atoms with E-state index in [4.69, 9.17) is 4.74 Å². The van der Waals surface area contributed by atoms with Crippen LogP contribution in [-0.4, -0.2) is 35.5 Å². The number of para-hydroxylation sites is 1. The van der Waals surface area contributed by atoms with Gasteiger partial charge in [-0.1, -0.05) is 30.3 Å². The highest BCUT2D eigenvalue weighted by molar-refractivity contribution is 6.05. The van der Waals surface area contributed by atoms with Gasteiger partial charge in [0.25, 0.3) is 0 Å². The number of hydrogen-bond acceptors (Lipinski definition) is 5. The first-order valence-electron chi connectivity index (χ1n) is 10.4. The van der Waals surface area contributed by atoms with Gasteiger partial charge in [-0.05, 0) is 68.4 Å². The number of anilines is 1. The Hall–Kier alpha value is -2.82. The molecule has 2 aromatic rings. The number of esters is 1. The number of phenols is 1. The third-order valence-corrected chi connectivity index (χ3v) is 5.99. The lowest BCUT2D eigenvalue weighted by atomic mass is 9.84. The van der Waals surface area contributed by atoms with Gasteiger partial charge in [0.15, 0.2) is 5.78 Å². The minimum atomic E-state index is -0.749. The molecule has 1 aliphatic heterocycles. The fraction of sp³-hybridized carbons (Fsp3) is 0.417. The van der Waals surface area contributed by atoms with E-state index in [1.54, 1.807) is 12.1 Å². The number of benzene rings is 2. The Balaban J connectivity index is 1.57. The summed E-state index contributed by atoms with van der Waals surface area (Å²) in [5.74, 6) is -0.672. The number of aryl methyl sites for hydroxylation is 1. The maximum absolute atomic E-state index is 13.5. The maximum atomic E-state index is 13.5. The van der Waals surface area contributed by atoms with Crippen molar-refractivity contribution in [2.75, 3.05) is 11.4 Å². The Morgan fingerprint density at radius 1 is 1.03 bits per heavy atom. The molecule has 0 aromatic heterocycles. The van der Waals surface area contributed by atoms with E-state index >= 15 is 0 Å². The van der Waals surface area contributed by atoms with Crippen LogP contribution in [0.5, 0.6) is 5.75 Å². The predicted molar refractivity (Wildman–Crippen MR) is 111 cm³/mol. The summed E-state index contributed by atoms with van der Waals surface area (Å²) in [5.41, 5.74) is 1.97. The van der Waals surface area contributed by atoms with Crippen molar-refractivity contribution in [2.45, 2.75) is 44.8 Å². The highest BCUT2D eigenvalue weighted by Gasteiger charge is 2.52. The molecule has 5 heteroatoms. The predicted octanol–water partition coefficient (Wildman–Crippen LogP) is 3.74. The number of aromatic hydroxyl groups is 1. The van der Waals surface area contributed by atoms with Crippen LogP contribution in [0.2, 0.25) is 0 Å². The number of cyclic esters (lactones) is 1. The SMILES string of the molecule is CCN(c1ccccc1)C1C(=O)C(CCc2ccc(O)cc2)C(=O)OC1C1CC1. The third kappa shape index (κ3) is 4.14. The standard InChI is InChI=1S/C24H27NO4/c1-2-25(18-6-4-3-5-7-18)21-22(27)20(24(28)29-23(21)17-11-12-17)15-10-16-8-13-19(26)14-9-16/h3-9,13-14,17,20-21,23,26H,2,10-12,15H2,1H3. The Kier molecular flexibility index (Phi) is 5.56. The molecule has 29 heavy (non-hydrogen) atoms. The number of carbonyl (C=O) groups is 2. The summed E-state index contributed by atoms with van der Waals surface area (Å²) in [6.45, 7) is 2.71. The minimum Gasteiger partial charge on any atom is -0.508 e. The van der Waals surface area contributed by atoms with Crippen molar-refractivity contribution >= 4 is 17.4 Å². The molecular formula is C24H27NO4. The molecule has 152 valence electrons. The topological polar surface area (TPSA) is 66.8 Å². The summed E-state index contributed by atoms with van der Waals surface area (Å²) < 4.78 is 5.88. The molecule has 1 aliphatic carbocycles. The molecule has 2 aliphatic rings. The van der Waals surface area contributed by atoms with Gasteiger partial charge in [0.05, 0.1) is 0 Å². The summed E-state index contributed by atoms with van der Waals surface area (Å²) in [5, 5.41) is 9.44. The number of carbonyl (C=O) groups excluding carboxylic acids is 2. The van der Waals surface area contributed by atoms with Crippen LogP contribution in [0.1, 0.15) is 31.7 Å². The number of rotatable bonds is 7. The number of phenolic OH excluding ortho intramolecular Hbond substituents is 1. The first-order chi connectivity index (χ1) is 14.1. The van der Waals surface area contributed by atoms with Crippen molar-refractivity contribution in [1.82, 2.24) is 0 Å². The Labute approximate surface area is 171 Å². The van der Waals surface area contributed by atoms with E-state index < -0.39 is 12.0 Å². The smallest absolute Gasteiger partial charge is 0.316 e. The zero-order valence-corrected chi connectivity index (χ0v) is 16.7. The Morgan fingerprint density at radius 2 is 1.72 bits per heavy atom. The second-order valence-corrected chi connectivity index (χ2v) is 7.97. The van der Waals surface area contributed by atoms with Gasteiger partial charge < -0.3 is 14.7 Å². The molecule has 3 atom stereocenters. The second-order valence-electron chi connectivity index (χ2n) is 7.97. The molecular weight excluding hydrogens is 366 g/mol. The average molecular weight is 393 g/mol. The summed E-state index contributed by atoms with van der Waals surface area (Å²) in [6.07, 6.45) is 2.66. The van der Waals surface area contributed by atoms with Crippen molar-refractivity contribution in [3.63, 3.8) is 0 Å².